The number of carbonyl (C=O) groups excluding carboxylic acids is 1. The molecule has 0 unspecified atom stereocenters. The fourth-order valence-corrected chi connectivity index (χ4v) is 2.98. The SMILES string of the molecule is CCNC(=NCc1ccc(C(N)=O)o1)NCCc1c[nH]c2c(C)cccc12. The normalized spacial score (nSPS) is 11.7. The van der Waals surface area contributed by atoms with Gasteiger partial charge in [0, 0.05) is 30.2 Å². The number of aryl methyl sites for hydroxylation is 1. The molecule has 7 heteroatoms. The van der Waals surface area contributed by atoms with Crippen LogP contribution in [0.4, 0.5) is 0 Å². The highest BCUT2D eigenvalue weighted by atomic mass is 16.3. The van der Waals surface area contributed by atoms with Gasteiger partial charge in [0.2, 0.25) is 0 Å². The average molecular weight is 367 g/mol. The van der Waals surface area contributed by atoms with Crippen LogP contribution in [0.25, 0.3) is 10.9 Å². The number of aliphatic imine (C=N–C) groups is 1. The molecule has 3 rings (SSSR count). The maximum atomic E-state index is 11.1. The molecule has 0 saturated carbocycles. The fourth-order valence-electron chi connectivity index (χ4n) is 2.98. The fraction of sp³-hybridized carbons (Fsp3) is 0.300. The highest BCUT2D eigenvalue weighted by Crippen LogP contribution is 2.21. The summed E-state index contributed by atoms with van der Waals surface area (Å²) in [6.45, 7) is 5.95. The van der Waals surface area contributed by atoms with E-state index in [1.54, 1.807) is 12.1 Å². The van der Waals surface area contributed by atoms with Crippen molar-refractivity contribution in [3.8, 4) is 0 Å². The molecule has 0 aliphatic heterocycles. The number of aromatic amines is 1. The Morgan fingerprint density at radius 3 is 2.85 bits per heavy atom. The lowest BCUT2D eigenvalue weighted by molar-refractivity contribution is 0.0972. The van der Waals surface area contributed by atoms with Crippen LogP contribution in [0.1, 0.15) is 34.4 Å². The number of fused-ring (bicyclic) bond motifs is 1. The van der Waals surface area contributed by atoms with Crippen LogP contribution in [0.5, 0.6) is 0 Å². The number of amides is 1. The van der Waals surface area contributed by atoms with Crippen molar-refractivity contribution in [3.05, 3.63) is 59.2 Å². The van der Waals surface area contributed by atoms with E-state index in [-0.39, 0.29) is 5.76 Å². The molecule has 0 aliphatic rings. The summed E-state index contributed by atoms with van der Waals surface area (Å²) >= 11 is 0. The Balaban J connectivity index is 1.60. The van der Waals surface area contributed by atoms with Gasteiger partial charge < -0.3 is 25.8 Å². The number of carbonyl (C=O) groups is 1. The summed E-state index contributed by atoms with van der Waals surface area (Å²) in [5.74, 6) is 0.857. The van der Waals surface area contributed by atoms with E-state index in [2.05, 4.69) is 51.9 Å². The molecule has 0 spiro atoms. The third kappa shape index (κ3) is 4.49. The largest absolute Gasteiger partial charge is 0.454 e. The first-order valence-corrected chi connectivity index (χ1v) is 9.04. The minimum Gasteiger partial charge on any atom is -0.454 e. The van der Waals surface area contributed by atoms with Crippen molar-refractivity contribution < 1.29 is 9.21 Å². The standard InChI is InChI=1S/C20H25N5O2/c1-3-22-20(25-12-15-7-8-17(27-15)19(21)26)23-10-9-14-11-24-18-13(2)5-4-6-16(14)18/h4-8,11,24H,3,9-10,12H2,1-2H3,(H2,21,26)(H2,22,23,25). The van der Waals surface area contributed by atoms with E-state index < -0.39 is 5.91 Å². The minimum atomic E-state index is -0.579. The number of furan rings is 1. The second-order valence-electron chi connectivity index (χ2n) is 6.31. The van der Waals surface area contributed by atoms with Crippen LogP contribution in [-0.4, -0.2) is 29.9 Å². The first-order valence-electron chi connectivity index (χ1n) is 9.04. The monoisotopic (exact) mass is 367 g/mol. The van der Waals surface area contributed by atoms with E-state index in [4.69, 9.17) is 10.2 Å². The van der Waals surface area contributed by atoms with Gasteiger partial charge in [-0.2, -0.15) is 0 Å². The Morgan fingerprint density at radius 2 is 2.11 bits per heavy atom. The van der Waals surface area contributed by atoms with Crippen LogP contribution in [0, 0.1) is 6.92 Å². The Hall–Kier alpha value is -3.22. The average Bonchev–Trinajstić information content (AvgIpc) is 3.28. The molecule has 1 amide bonds. The number of rotatable bonds is 7. The molecular weight excluding hydrogens is 342 g/mol. The number of guanidine groups is 1. The maximum absolute atomic E-state index is 11.1. The second kappa shape index (κ2) is 8.44. The molecule has 2 aromatic heterocycles. The van der Waals surface area contributed by atoms with Gasteiger partial charge in [-0.05, 0) is 43.5 Å². The summed E-state index contributed by atoms with van der Waals surface area (Å²) in [7, 11) is 0. The molecule has 0 aliphatic carbocycles. The molecule has 27 heavy (non-hydrogen) atoms. The van der Waals surface area contributed by atoms with Crippen molar-refractivity contribution >= 4 is 22.8 Å². The van der Waals surface area contributed by atoms with Gasteiger partial charge in [0.05, 0.1) is 0 Å². The summed E-state index contributed by atoms with van der Waals surface area (Å²) in [5, 5.41) is 7.79. The van der Waals surface area contributed by atoms with Crippen molar-refractivity contribution in [2.24, 2.45) is 10.7 Å². The molecule has 0 fully saturated rings. The van der Waals surface area contributed by atoms with E-state index in [0.717, 1.165) is 19.5 Å². The Kier molecular flexibility index (Phi) is 5.80. The van der Waals surface area contributed by atoms with Crippen LogP contribution in [-0.2, 0) is 13.0 Å². The molecule has 7 nitrogen and oxygen atoms in total. The molecule has 5 N–H and O–H groups in total. The van der Waals surface area contributed by atoms with E-state index >= 15 is 0 Å². The highest BCUT2D eigenvalue weighted by molar-refractivity contribution is 5.90. The molecule has 0 atom stereocenters. The Morgan fingerprint density at radius 1 is 1.26 bits per heavy atom. The van der Waals surface area contributed by atoms with Crippen molar-refractivity contribution in [2.45, 2.75) is 26.8 Å². The zero-order valence-corrected chi connectivity index (χ0v) is 15.6. The molecule has 0 bridgehead atoms. The number of H-pyrrole nitrogens is 1. The van der Waals surface area contributed by atoms with Gasteiger partial charge in [0.1, 0.15) is 12.3 Å². The van der Waals surface area contributed by atoms with E-state index in [0.29, 0.717) is 18.3 Å². The van der Waals surface area contributed by atoms with Crippen molar-refractivity contribution in [2.75, 3.05) is 13.1 Å². The van der Waals surface area contributed by atoms with Crippen LogP contribution in [0.3, 0.4) is 0 Å². The van der Waals surface area contributed by atoms with Crippen LogP contribution >= 0.6 is 0 Å². The Bertz CT molecular complexity index is 954. The van der Waals surface area contributed by atoms with E-state index in [1.807, 2.05) is 6.92 Å². The minimum absolute atomic E-state index is 0.146. The van der Waals surface area contributed by atoms with Gasteiger partial charge in [0.25, 0.3) is 5.91 Å². The zero-order valence-electron chi connectivity index (χ0n) is 15.6. The zero-order chi connectivity index (χ0) is 19.2. The van der Waals surface area contributed by atoms with Crippen molar-refractivity contribution in [3.63, 3.8) is 0 Å². The number of benzene rings is 1. The highest BCUT2D eigenvalue weighted by Gasteiger charge is 2.08. The number of hydrogen-bond donors (Lipinski definition) is 4. The van der Waals surface area contributed by atoms with E-state index in [1.165, 1.54) is 22.0 Å². The number of nitrogens with zero attached hydrogens (tertiary/aromatic N) is 1. The predicted molar refractivity (Wildman–Crippen MR) is 107 cm³/mol. The van der Waals surface area contributed by atoms with E-state index in [9.17, 15) is 4.79 Å². The second-order valence-corrected chi connectivity index (χ2v) is 6.31. The van der Waals surface area contributed by atoms with Gasteiger partial charge in [0.15, 0.2) is 11.7 Å². The smallest absolute Gasteiger partial charge is 0.284 e. The lowest BCUT2D eigenvalue weighted by Gasteiger charge is -2.10. The Labute approximate surface area is 158 Å². The lowest BCUT2D eigenvalue weighted by atomic mass is 10.1. The number of primary amides is 1. The van der Waals surface area contributed by atoms with Gasteiger partial charge in [-0.25, -0.2) is 4.99 Å². The van der Waals surface area contributed by atoms with Gasteiger partial charge >= 0.3 is 0 Å². The molecule has 2 heterocycles. The molecule has 0 saturated heterocycles. The summed E-state index contributed by atoms with van der Waals surface area (Å²) in [6, 6.07) is 9.60. The summed E-state index contributed by atoms with van der Waals surface area (Å²) in [6.07, 6.45) is 2.94. The molecular formula is C20H25N5O2. The maximum Gasteiger partial charge on any atom is 0.284 e. The molecule has 1 aromatic carbocycles. The van der Waals surface area contributed by atoms with Gasteiger partial charge in [-0.3, -0.25) is 4.79 Å². The lowest BCUT2D eigenvalue weighted by Crippen LogP contribution is -2.38. The van der Waals surface area contributed by atoms with Crippen molar-refractivity contribution in [1.82, 2.24) is 15.6 Å². The number of hydrogen-bond acceptors (Lipinski definition) is 3. The number of nitrogens with two attached hydrogens (primary N) is 1. The summed E-state index contributed by atoms with van der Waals surface area (Å²) < 4.78 is 5.36. The van der Waals surface area contributed by atoms with Crippen LogP contribution < -0.4 is 16.4 Å². The summed E-state index contributed by atoms with van der Waals surface area (Å²) in [4.78, 5) is 18.9. The number of para-hydroxylation sites is 1. The third-order valence-corrected chi connectivity index (χ3v) is 4.34. The first kappa shape index (κ1) is 18.6. The summed E-state index contributed by atoms with van der Waals surface area (Å²) in [5.41, 5.74) is 8.90. The van der Waals surface area contributed by atoms with Crippen LogP contribution in [0.15, 0.2) is 45.9 Å². The molecule has 0 radical (unpaired) electrons. The quantitative estimate of drug-likeness (QED) is 0.380. The molecule has 142 valence electrons. The first-order chi connectivity index (χ1) is 13.1. The van der Waals surface area contributed by atoms with Gasteiger partial charge in [-0.15, -0.1) is 0 Å². The van der Waals surface area contributed by atoms with Crippen molar-refractivity contribution in [1.29, 1.82) is 0 Å². The topological polar surface area (TPSA) is 108 Å². The van der Waals surface area contributed by atoms with Crippen LogP contribution in [0.2, 0.25) is 0 Å². The number of aromatic nitrogens is 1. The van der Waals surface area contributed by atoms with Gasteiger partial charge in [-0.1, -0.05) is 18.2 Å². The third-order valence-electron chi connectivity index (χ3n) is 4.34. The predicted octanol–water partition coefficient (Wildman–Crippen LogP) is 2.47. The number of nitrogens with one attached hydrogen (secondary N) is 3. The molecule has 3 aromatic rings.